The Bertz CT molecular complexity index is 1150. The normalized spacial score (nSPS) is 15.3. The van der Waals surface area contributed by atoms with Crippen LogP contribution in [-0.2, 0) is 26.3 Å². The highest BCUT2D eigenvalue weighted by Crippen LogP contribution is 2.24. The van der Waals surface area contributed by atoms with Gasteiger partial charge in [-0.2, -0.15) is 12.7 Å². The largest absolute Gasteiger partial charge is 0.352 e. The molecule has 2 amide bonds. The zero-order valence-corrected chi connectivity index (χ0v) is 23.3. The van der Waals surface area contributed by atoms with Gasteiger partial charge in [0.25, 0.3) is 0 Å². The summed E-state index contributed by atoms with van der Waals surface area (Å²) in [6, 6.07) is 14.9. The summed E-state index contributed by atoms with van der Waals surface area (Å²) in [5, 5.41) is 3.61. The quantitative estimate of drug-likeness (QED) is 0.455. The first kappa shape index (κ1) is 28.9. The second-order valence-corrected chi connectivity index (χ2v) is 12.0. The number of anilines is 1. The molecule has 0 aromatic heterocycles. The lowest BCUT2D eigenvalue weighted by Gasteiger charge is -2.35. The highest BCUT2D eigenvalue weighted by molar-refractivity contribution is 7.90. The van der Waals surface area contributed by atoms with Crippen LogP contribution in [0.1, 0.15) is 51.0 Å². The van der Waals surface area contributed by atoms with E-state index in [9.17, 15) is 18.0 Å². The van der Waals surface area contributed by atoms with Gasteiger partial charge >= 0.3 is 10.2 Å². The highest BCUT2D eigenvalue weighted by Gasteiger charge is 2.34. The molecule has 3 rings (SSSR count). The van der Waals surface area contributed by atoms with Crippen molar-refractivity contribution >= 4 is 39.3 Å². The van der Waals surface area contributed by atoms with Gasteiger partial charge in [0.1, 0.15) is 12.6 Å². The van der Waals surface area contributed by atoms with Gasteiger partial charge in [0.2, 0.25) is 11.8 Å². The van der Waals surface area contributed by atoms with Gasteiger partial charge in [-0.05, 0) is 43.0 Å². The number of carbonyl (C=O) groups excluding carboxylic acids is 2. The Morgan fingerprint density at radius 2 is 1.62 bits per heavy atom. The predicted octanol–water partition coefficient (Wildman–Crippen LogP) is 4.21. The highest BCUT2D eigenvalue weighted by atomic mass is 35.5. The average molecular weight is 549 g/mol. The molecule has 0 bridgehead atoms. The number of hydrogen-bond donors (Lipinski definition) is 1. The Labute approximate surface area is 225 Å². The first-order valence-corrected chi connectivity index (χ1v) is 14.5. The van der Waals surface area contributed by atoms with Crippen molar-refractivity contribution in [3.8, 4) is 0 Å². The number of nitrogens with zero attached hydrogens (tertiary/aromatic N) is 3. The van der Waals surface area contributed by atoms with Crippen molar-refractivity contribution in [3.05, 3.63) is 65.2 Å². The Morgan fingerprint density at radius 3 is 2.22 bits per heavy atom. The zero-order valence-electron chi connectivity index (χ0n) is 21.8. The molecular weight excluding hydrogens is 512 g/mol. The topological polar surface area (TPSA) is 90.0 Å². The molecule has 0 saturated heterocycles. The van der Waals surface area contributed by atoms with Crippen molar-refractivity contribution < 1.29 is 18.0 Å². The molecule has 0 unspecified atom stereocenters. The van der Waals surface area contributed by atoms with E-state index in [4.69, 9.17) is 11.6 Å². The summed E-state index contributed by atoms with van der Waals surface area (Å²) >= 11 is 6.42. The monoisotopic (exact) mass is 548 g/mol. The van der Waals surface area contributed by atoms with E-state index in [0.717, 1.165) is 40.7 Å². The first-order chi connectivity index (χ1) is 17.6. The van der Waals surface area contributed by atoms with Crippen LogP contribution in [0.5, 0.6) is 0 Å². The standard InChI is InChI=1S/C27H37ClN4O4S/c1-4-25(27(34)29-22-14-7-5-8-15-22)31(19-21-13-11-12-18-24(21)28)26(33)20-32(37(35,36)30(2)3)23-16-9-6-10-17-23/h6,9-13,16-18,22,25H,4-5,7-8,14-15,19-20H2,1-3H3,(H,29,34)/t25-/m1/s1. The minimum Gasteiger partial charge on any atom is -0.352 e. The summed E-state index contributed by atoms with van der Waals surface area (Å²) in [5.41, 5.74) is 1.05. The number of amides is 2. The minimum atomic E-state index is -3.98. The molecule has 1 fully saturated rings. The molecule has 202 valence electrons. The number of hydrogen-bond acceptors (Lipinski definition) is 4. The smallest absolute Gasteiger partial charge is 0.304 e. The van der Waals surface area contributed by atoms with Gasteiger partial charge in [-0.3, -0.25) is 9.59 Å². The summed E-state index contributed by atoms with van der Waals surface area (Å²) in [6.45, 7) is 1.48. The maximum absolute atomic E-state index is 13.9. The molecule has 1 aliphatic carbocycles. The van der Waals surface area contributed by atoms with Crippen LogP contribution >= 0.6 is 11.6 Å². The van der Waals surface area contributed by atoms with Gasteiger partial charge in [0, 0.05) is 31.7 Å². The number of nitrogens with one attached hydrogen (secondary N) is 1. The number of benzene rings is 2. The van der Waals surface area contributed by atoms with Crippen LogP contribution in [0.2, 0.25) is 5.02 Å². The molecule has 0 aliphatic heterocycles. The molecule has 8 nitrogen and oxygen atoms in total. The summed E-state index contributed by atoms with van der Waals surface area (Å²) in [5.74, 6) is -0.712. The number of halogens is 1. The van der Waals surface area contributed by atoms with E-state index in [1.807, 2.05) is 13.0 Å². The summed E-state index contributed by atoms with van der Waals surface area (Å²) in [7, 11) is -1.14. The van der Waals surface area contributed by atoms with Gasteiger partial charge in [0.05, 0.1) is 5.69 Å². The van der Waals surface area contributed by atoms with Gasteiger partial charge in [-0.15, -0.1) is 0 Å². The van der Waals surface area contributed by atoms with Crippen LogP contribution in [-0.4, -0.2) is 62.2 Å². The Hall–Kier alpha value is -2.62. The van der Waals surface area contributed by atoms with Crippen molar-refractivity contribution in [3.63, 3.8) is 0 Å². The molecule has 0 spiro atoms. The summed E-state index contributed by atoms with van der Waals surface area (Å²) in [4.78, 5) is 28.8. The van der Waals surface area contributed by atoms with E-state index in [0.29, 0.717) is 22.7 Å². The van der Waals surface area contributed by atoms with Crippen molar-refractivity contribution in [2.45, 2.75) is 64.1 Å². The maximum atomic E-state index is 13.9. The maximum Gasteiger partial charge on any atom is 0.304 e. The van der Waals surface area contributed by atoms with E-state index in [1.165, 1.54) is 19.0 Å². The van der Waals surface area contributed by atoms with Crippen molar-refractivity contribution in [2.24, 2.45) is 0 Å². The molecule has 1 saturated carbocycles. The molecular formula is C27H37ClN4O4S. The van der Waals surface area contributed by atoms with Crippen molar-refractivity contribution in [2.75, 3.05) is 24.9 Å². The number of carbonyl (C=O) groups is 2. The summed E-state index contributed by atoms with van der Waals surface area (Å²) < 4.78 is 28.6. The van der Waals surface area contributed by atoms with Crippen LogP contribution in [0.25, 0.3) is 0 Å². The van der Waals surface area contributed by atoms with E-state index >= 15 is 0 Å². The fraction of sp³-hybridized carbons (Fsp3) is 0.481. The SMILES string of the molecule is CC[C@H](C(=O)NC1CCCCC1)N(Cc1ccccc1Cl)C(=O)CN(c1ccccc1)S(=O)(=O)N(C)C. The minimum absolute atomic E-state index is 0.0831. The van der Waals surface area contributed by atoms with E-state index < -0.39 is 28.7 Å². The lowest BCUT2D eigenvalue weighted by molar-refractivity contribution is -0.140. The summed E-state index contributed by atoms with van der Waals surface area (Å²) in [6.07, 6.45) is 5.51. The second kappa shape index (κ2) is 13.3. The fourth-order valence-electron chi connectivity index (χ4n) is 4.59. The zero-order chi connectivity index (χ0) is 27.0. The van der Waals surface area contributed by atoms with Gasteiger partial charge < -0.3 is 10.2 Å². The van der Waals surface area contributed by atoms with E-state index in [1.54, 1.807) is 48.5 Å². The van der Waals surface area contributed by atoms with Crippen LogP contribution in [0.3, 0.4) is 0 Å². The Kier molecular flexibility index (Phi) is 10.4. The van der Waals surface area contributed by atoms with Gasteiger partial charge in [-0.1, -0.05) is 74.2 Å². The molecule has 1 atom stereocenters. The van der Waals surface area contributed by atoms with E-state index in [2.05, 4.69) is 5.32 Å². The van der Waals surface area contributed by atoms with Crippen LogP contribution in [0.15, 0.2) is 54.6 Å². The van der Waals surface area contributed by atoms with Crippen molar-refractivity contribution in [1.29, 1.82) is 0 Å². The van der Waals surface area contributed by atoms with Gasteiger partial charge in [0.15, 0.2) is 0 Å². The average Bonchev–Trinajstić information content (AvgIpc) is 2.89. The molecule has 0 radical (unpaired) electrons. The third-order valence-electron chi connectivity index (χ3n) is 6.70. The van der Waals surface area contributed by atoms with Gasteiger partial charge in [-0.25, -0.2) is 4.31 Å². The molecule has 37 heavy (non-hydrogen) atoms. The molecule has 0 heterocycles. The number of para-hydroxylation sites is 1. The van der Waals surface area contributed by atoms with Crippen molar-refractivity contribution in [1.82, 2.24) is 14.5 Å². The molecule has 1 aliphatic rings. The molecule has 10 heteroatoms. The predicted molar refractivity (Wildman–Crippen MR) is 147 cm³/mol. The molecule has 2 aromatic carbocycles. The lowest BCUT2D eigenvalue weighted by atomic mass is 9.95. The van der Waals surface area contributed by atoms with Crippen LogP contribution < -0.4 is 9.62 Å². The van der Waals surface area contributed by atoms with Crippen LogP contribution in [0, 0.1) is 0 Å². The number of rotatable bonds is 11. The first-order valence-electron chi connectivity index (χ1n) is 12.7. The molecule has 1 N–H and O–H groups in total. The Morgan fingerprint density at radius 1 is 1.00 bits per heavy atom. The fourth-order valence-corrected chi connectivity index (χ4v) is 5.84. The third-order valence-corrected chi connectivity index (χ3v) is 8.89. The second-order valence-electron chi connectivity index (χ2n) is 9.51. The molecule has 2 aromatic rings. The lowest BCUT2D eigenvalue weighted by Crippen LogP contribution is -2.54. The Balaban J connectivity index is 1.95. The van der Waals surface area contributed by atoms with E-state index in [-0.39, 0.29) is 18.5 Å². The van der Waals surface area contributed by atoms with Crippen LogP contribution in [0.4, 0.5) is 5.69 Å². The third kappa shape index (κ3) is 7.46.